The van der Waals surface area contributed by atoms with E-state index in [1.165, 1.54) is 22.8 Å². The number of benzene rings is 3. The van der Waals surface area contributed by atoms with Crippen LogP contribution in [0.4, 0.5) is 9.18 Å². The summed E-state index contributed by atoms with van der Waals surface area (Å²) in [6.07, 6.45) is 0.429. The van der Waals surface area contributed by atoms with E-state index in [1.807, 2.05) is 55.5 Å². The quantitative estimate of drug-likeness (QED) is 0.107. The number of rotatable bonds is 7. The van der Waals surface area contributed by atoms with Gasteiger partial charge in [-0.3, -0.25) is 4.79 Å². The summed E-state index contributed by atoms with van der Waals surface area (Å²) in [6.45, 7) is 2.02. The second kappa shape index (κ2) is 10.9. The molecule has 3 aromatic carbocycles. The molecule has 2 N–H and O–H groups in total. The van der Waals surface area contributed by atoms with Crippen molar-refractivity contribution in [3.63, 3.8) is 0 Å². The van der Waals surface area contributed by atoms with Crippen LogP contribution in [0.2, 0.25) is 0 Å². The molecule has 0 amide bonds. The molecule has 1 heterocycles. The molecule has 0 bridgehead atoms. The minimum atomic E-state index is -1.58. The number of aryl methyl sites for hydroxylation is 2. The minimum absolute atomic E-state index is 0.161. The fourth-order valence-corrected chi connectivity index (χ4v) is 4.32. The van der Waals surface area contributed by atoms with Crippen molar-refractivity contribution in [3.8, 4) is 16.9 Å². The Morgan fingerprint density at radius 1 is 1.03 bits per heavy atom. The number of halogens is 1. The summed E-state index contributed by atoms with van der Waals surface area (Å²) in [5.74, 6) is -1.30. The van der Waals surface area contributed by atoms with E-state index in [4.69, 9.17) is 5.11 Å². The van der Waals surface area contributed by atoms with Crippen molar-refractivity contribution < 1.29 is 24.2 Å². The number of hydrogen-bond donors (Lipinski definition) is 2. The zero-order valence-electron chi connectivity index (χ0n) is 20.3. The third-order valence-electron chi connectivity index (χ3n) is 6.28. The zero-order valence-corrected chi connectivity index (χ0v) is 20.3. The van der Waals surface area contributed by atoms with Crippen LogP contribution in [0.15, 0.2) is 95.0 Å². The van der Waals surface area contributed by atoms with Gasteiger partial charge in [0.1, 0.15) is 0 Å². The SMILES string of the molecule is Cc1ccccc1C(C/C(=N\O)c1ccc(=O)n(C)c1)c1ccc(-c2ccc(OC(=O)O)c(F)c2)cc1. The molecule has 0 saturated heterocycles. The number of carboxylic acid groups (broad SMARTS) is 1. The Balaban J connectivity index is 1.69. The summed E-state index contributed by atoms with van der Waals surface area (Å²) in [5, 5.41) is 22.1. The van der Waals surface area contributed by atoms with Crippen LogP contribution in [-0.4, -0.2) is 26.7 Å². The van der Waals surface area contributed by atoms with Crippen LogP contribution >= 0.6 is 0 Å². The van der Waals surface area contributed by atoms with Gasteiger partial charge in [0.25, 0.3) is 0 Å². The molecule has 0 radical (unpaired) electrons. The highest BCUT2D eigenvalue weighted by atomic mass is 19.1. The lowest BCUT2D eigenvalue weighted by atomic mass is 9.83. The fourth-order valence-electron chi connectivity index (χ4n) is 4.32. The van der Waals surface area contributed by atoms with Crippen molar-refractivity contribution >= 4 is 11.9 Å². The average molecular weight is 501 g/mol. The summed E-state index contributed by atoms with van der Waals surface area (Å²) >= 11 is 0. The van der Waals surface area contributed by atoms with Gasteiger partial charge in [-0.05, 0) is 52.9 Å². The van der Waals surface area contributed by atoms with Crippen LogP contribution in [0, 0.1) is 12.7 Å². The molecule has 0 aliphatic heterocycles. The third-order valence-corrected chi connectivity index (χ3v) is 6.28. The Hall–Kier alpha value is -4.72. The number of nitrogens with zero attached hydrogens (tertiary/aromatic N) is 2. The number of carbonyl (C=O) groups is 1. The smallest absolute Gasteiger partial charge is 0.449 e. The van der Waals surface area contributed by atoms with E-state index in [0.29, 0.717) is 23.3 Å². The highest BCUT2D eigenvalue weighted by Gasteiger charge is 2.21. The van der Waals surface area contributed by atoms with Crippen LogP contribution in [0.5, 0.6) is 5.75 Å². The van der Waals surface area contributed by atoms with Gasteiger partial charge in [0.2, 0.25) is 5.56 Å². The van der Waals surface area contributed by atoms with Crippen molar-refractivity contribution in [2.75, 3.05) is 0 Å². The summed E-state index contributed by atoms with van der Waals surface area (Å²) in [5.41, 5.74) is 5.30. The second-order valence-corrected chi connectivity index (χ2v) is 8.66. The van der Waals surface area contributed by atoms with Crippen LogP contribution in [0.25, 0.3) is 11.1 Å². The monoisotopic (exact) mass is 500 g/mol. The van der Waals surface area contributed by atoms with E-state index in [0.717, 1.165) is 22.3 Å². The first-order chi connectivity index (χ1) is 17.8. The molecule has 4 aromatic rings. The highest BCUT2D eigenvalue weighted by molar-refractivity contribution is 6.00. The number of aromatic nitrogens is 1. The largest absolute Gasteiger partial charge is 0.511 e. The lowest BCUT2D eigenvalue weighted by molar-refractivity contribution is 0.142. The molecule has 0 fully saturated rings. The summed E-state index contributed by atoms with van der Waals surface area (Å²) < 4.78 is 20.2. The second-order valence-electron chi connectivity index (χ2n) is 8.66. The molecule has 0 saturated carbocycles. The van der Waals surface area contributed by atoms with E-state index < -0.39 is 12.0 Å². The van der Waals surface area contributed by atoms with E-state index in [2.05, 4.69) is 9.89 Å². The molecule has 0 aliphatic rings. The highest BCUT2D eigenvalue weighted by Crippen LogP contribution is 2.34. The average Bonchev–Trinajstić information content (AvgIpc) is 2.88. The lowest BCUT2D eigenvalue weighted by Gasteiger charge is -2.21. The van der Waals surface area contributed by atoms with Gasteiger partial charge >= 0.3 is 6.16 Å². The van der Waals surface area contributed by atoms with Gasteiger partial charge in [-0.15, -0.1) is 0 Å². The topological polar surface area (TPSA) is 101 Å². The molecular formula is C29H25FN2O5. The van der Waals surface area contributed by atoms with Crippen molar-refractivity contribution in [2.24, 2.45) is 12.2 Å². The Bertz CT molecular complexity index is 1530. The van der Waals surface area contributed by atoms with Gasteiger partial charge in [-0.2, -0.15) is 0 Å². The number of oxime groups is 1. The Labute approximate surface area is 212 Å². The van der Waals surface area contributed by atoms with E-state index >= 15 is 0 Å². The van der Waals surface area contributed by atoms with Crippen molar-refractivity contribution in [1.82, 2.24) is 4.57 Å². The zero-order chi connectivity index (χ0) is 26.5. The number of pyridine rings is 1. The number of hydrogen-bond acceptors (Lipinski definition) is 5. The standard InChI is InChI=1S/C29H25FN2O5/c1-18-5-3-4-6-23(18)24(16-26(31-36)22-12-14-28(33)32(2)17-22)20-9-7-19(8-10-20)21-11-13-27(25(30)15-21)37-29(34)35/h3-15,17,24,36H,16H2,1-2H3,(H,34,35)/b31-26+. The molecule has 1 unspecified atom stereocenters. The van der Waals surface area contributed by atoms with Crippen molar-refractivity contribution in [3.05, 3.63) is 123 Å². The molecule has 1 atom stereocenters. The van der Waals surface area contributed by atoms with E-state index in [9.17, 15) is 19.2 Å². The van der Waals surface area contributed by atoms with Crippen LogP contribution in [0.1, 0.15) is 34.6 Å². The van der Waals surface area contributed by atoms with E-state index in [-0.39, 0.29) is 17.2 Å². The first-order valence-electron chi connectivity index (χ1n) is 11.5. The molecule has 7 nitrogen and oxygen atoms in total. The first kappa shape index (κ1) is 25.4. The molecule has 0 spiro atoms. The van der Waals surface area contributed by atoms with Gasteiger partial charge in [-0.1, -0.05) is 59.8 Å². The molecule has 4 rings (SSSR count). The predicted molar refractivity (Wildman–Crippen MR) is 138 cm³/mol. The third kappa shape index (κ3) is 5.75. The number of ether oxygens (including phenoxy) is 1. The van der Waals surface area contributed by atoms with Crippen LogP contribution in [0.3, 0.4) is 0 Å². The Morgan fingerprint density at radius 2 is 1.73 bits per heavy atom. The molecule has 188 valence electrons. The summed E-state index contributed by atoms with van der Waals surface area (Å²) in [4.78, 5) is 22.5. The van der Waals surface area contributed by atoms with Crippen molar-refractivity contribution in [1.29, 1.82) is 0 Å². The van der Waals surface area contributed by atoms with Crippen LogP contribution in [-0.2, 0) is 7.05 Å². The molecule has 1 aromatic heterocycles. The van der Waals surface area contributed by atoms with Crippen LogP contribution < -0.4 is 10.3 Å². The minimum Gasteiger partial charge on any atom is -0.449 e. The molecule has 0 aliphatic carbocycles. The van der Waals surface area contributed by atoms with Gasteiger partial charge in [0.15, 0.2) is 11.6 Å². The van der Waals surface area contributed by atoms with Gasteiger partial charge < -0.3 is 19.6 Å². The Kier molecular flexibility index (Phi) is 7.48. The maximum absolute atomic E-state index is 14.3. The van der Waals surface area contributed by atoms with Gasteiger partial charge in [0.05, 0.1) is 5.71 Å². The summed E-state index contributed by atoms with van der Waals surface area (Å²) in [7, 11) is 1.64. The summed E-state index contributed by atoms with van der Waals surface area (Å²) in [6, 6.07) is 22.7. The van der Waals surface area contributed by atoms with E-state index in [1.54, 1.807) is 25.4 Å². The Morgan fingerprint density at radius 3 is 2.35 bits per heavy atom. The maximum atomic E-state index is 14.3. The maximum Gasteiger partial charge on any atom is 0.511 e. The molecule has 37 heavy (non-hydrogen) atoms. The lowest BCUT2D eigenvalue weighted by Crippen LogP contribution is -2.18. The van der Waals surface area contributed by atoms with Gasteiger partial charge in [0, 0.05) is 37.2 Å². The van der Waals surface area contributed by atoms with Crippen molar-refractivity contribution in [2.45, 2.75) is 19.3 Å². The first-order valence-corrected chi connectivity index (χ1v) is 11.5. The molecule has 8 heteroatoms. The van der Waals surface area contributed by atoms with Gasteiger partial charge in [-0.25, -0.2) is 9.18 Å². The fraction of sp³-hybridized carbons (Fsp3) is 0.138. The predicted octanol–water partition coefficient (Wildman–Crippen LogP) is 5.96. The molecular weight excluding hydrogens is 475 g/mol. The normalized spacial score (nSPS) is 12.2.